The number of aromatic amines is 1. The van der Waals surface area contributed by atoms with Crippen molar-refractivity contribution in [2.24, 2.45) is 0 Å². The van der Waals surface area contributed by atoms with Crippen LogP contribution in [-0.2, 0) is 6.42 Å². The summed E-state index contributed by atoms with van der Waals surface area (Å²) < 4.78 is 0. The predicted molar refractivity (Wildman–Crippen MR) is 63.0 cm³/mol. The normalized spacial score (nSPS) is 11.3. The Labute approximate surface area is 87.9 Å². The molecule has 0 aliphatic rings. The van der Waals surface area contributed by atoms with Crippen molar-refractivity contribution in [1.82, 2.24) is 10.2 Å². The molecule has 3 aromatic rings. The Kier molecular flexibility index (Phi) is 1.75. The number of H-pyrrole nitrogens is 1. The Morgan fingerprint density at radius 2 is 2.07 bits per heavy atom. The molecule has 0 amide bonds. The van der Waals surface area contributed by atoms with Crippen LogP contribution in [0.4, 0.5) is 0 Å². The van der Waals surface area contributed by atoms with E-state index in [0.29, 0.717) is 0 Å². The number of hydrogen-bond donors (Lipinski definition) is 1. The fraction of sp³-hybridized carbons (Fsp3) is 0.154. The van der Waals surface area contributed by atoms with E-state index in [0.717, 1.165) is 11.9 Å². The van der Waals surface area contributed by atoms with Crippen LogP contribution in [0.2, 0.25) is 0 Å². The molecule has 0 aliphatic heterocycles. The molecule has 0 spiro atoms. The number of aromatic nitrogens is 2. The molecule has 15 heavy (non-hydrogen) atoms. The third kappa shape index (κ3) is 1.22. The maximum absolute atomic E-state index is 4.07. The van der Waals surface area contributed by atoms with E-state index >= 15 is 0 Å². The van der Waals surface area contributed by atoms with Crippen LogP contribution in [0.3, 0.4) is 0 Å². The summed E-state index contributed by atoms with van der Waals surface area (Å²) in [5.74, 6) is 0. The molecule has 0 aliphatic carbocycles. The fourth-order valence-electron chi connectivity index (χ4n) is 2.03. The van der Waals surface area contributed by atoms with Gasteiger partial charge in [-0.2, -0.15) is 5.10 Å². The van der Waals surface area contributed by atoms with Crippen LogP contribution in [0.5, 0.6) is 0 Å². The number of nitrogens with one attached hydrogen (secondary N) is 1. The smallest absolute Gasteiger partial charge is 0.0656 e. The SMILES string of the molecule is CCc1ccc2c(ccc3[nH]ncc32)c1. The summed E-state index contributed by atoms with van der Waals surface area (Å²) in [5.41, 5.74) is 2.48. The van der Waals surface area contributed by atoms with E-state index in [1.165, 1.54) is 21.7 Å². The van der Waals surface area contributed by atoms with Crippen molar-refractivity contribution in [2.75, 3.05) is 0 Å². The molecule has 0 saturated heterocycles. The summed E-state index contributed by atoms with van der Waals surface area (Å²) in [6.07, 6.45) is 2.97. The van der Waals surface area contributed by atoms with Crippen molar-refractivity contribution < 1.29 is 0 Å². The van der Waals surface area contributed by atoms with Gasteiger partial charge in [0.15, 0.2) is 0 Å². The van der Waals surface area contributed by atoms with Gasteiger partial charge in [0.1, 0.15) is 0 Å². The number of aryl methyl sites for hydroxylation is 1. The van der Waals surface area contributed by atoms with Crippen LogP contribution in [0.25, 0.3) is 21.7 Å². The molecule has 0 radical (unpaired) electrons. The lowest BCUT2D eigenvalue weighted by atomic mass is 10.0. The second-order valence-corrected chi connectivity index (χ2v) is 3.81. The molecule has 0 unspecified atom stereocenters. The van der Waals surface area contributed by atoms with Gasteiger partial charge in [-0.3, -0.25) is 5.10 Å². The van der Waals surface area contributed by atoms with Gasteiger partial charge in [-0.25, -0.2) is 0 Å². The second kappa shape index (κ2) is 3.09. The lowest BCUT2D eigenvalue weighted by Crippen LogP contribution is -1.80. The largest absolute Gasteiger partial charge is 0.278 e. The minimum atomic E-state index is 1.08. The maximum Gasteiger partial charge on any atom is 0.0656 e. The van der Waals surface area contributed by atoms with Crippen molar-refractivity contribution in [3.8, 4) is 0 Å². The number of nitrogens with zero attached hydrogens (tertiary/aromatic N) is 1. The first-order valence-corrected chi connectivity index (χ1v) is 5.23. The van der Waals surface area contributed by atoms with Crippen LogP contribution in [0, 0.1) is 0 Å². The highest BCUT2D eigenvalue weighted by molar-refractivity contribution is 6.05. The molecule has 2 nitrogen and oxygen atoms in total. The monoisotopic (exact) mass is 196 g/mol. The third-order valence-corrected chi connectivity index (χ3v) is 2.91. The first-order chi connectivity index (χ1) is 7.38. The van der Waals surface area contributed by atoms with E-state index in [-0.39, 0.29) is 0 Å². The van der Waals surface area contributed by atoms with E-state index in [4.69, 9.17) is 0 Å². The zero-order valence-corrected chi connectivity index (χ0v) is 8.62. The van der Waals surface area contributed by atoms with Crippen molar-refractivity contribution in [2.45, 2.75) is 13.3 Å². The van der Waals surface area contributed by atoms with Crippen LogP contribution >= 0.6 is 0 Å². The second-order valence-electron chi connectivity index (χ2n) is 3.81. The van der Waals surface area contributed by atoms with Crippen LogP contribution < -0.4 is 0 Å². The summed E-state index contributed by atoms with van der Waals surface area (Å²) in [5, 5.41) is 10.8. The van der Waals surface area contributed by atoms with Gasteiger partial charge in [0, 0.05) is 5.39 Å². The molecule has 0 atom stereocenters. The number of fused-ring (bicyclic) bond motifs is 3. The molecule has 0 fully saturated rings. The number of benzene rings is 2. The number of rotatable bonds is 1. The molecule has 0 saturated carbocycles. The first kappa shape index (κ1) is 8.48. The molecule has 1 N–H and O–H groups in total. The summed E-state index contributed by atoms with van der Waals surface area (Å²) in [4.78, 5) is 0. The average Bonchev–Trinajstić information content (AvgIpc) is 2.76. The van der Waals surface area contributed by atoms with Gasteiger partial charge < -0.3 is 0 Å². The number of hydrogen-bond acceptors (Lipinski definition) is 1. The first-order valence-electron chi connectivity index (χ1n) is 5.23. The highest BCUT2D eigenvalue weighted by Crippen LogP contribution is 2.24. The molecule has 0 bridgehead atoms. The Bertz CT molecular complexity index is 623. The fourth-order valence-corrected chi connectivity index (χ4v) is 2.03. The maximum atomic E-state index is 4.07. The Balaban J connectivity index is 2.44. The molecule has 2 aromatic carbocycles. The molecule has 1 heterocycles. The Morgan fingerprint density at radius 1 is 1.13 bits per heavy atom. The summed E-state index contributed by atoms with van der Waals surface area (Å²) >= 11 is 0. The lowest BCUT2D eigenvalue weighted by Gasteiger charge is -2.01. The summed E-state index contributed by atoms with van der Waals surface area (Å²) in [6, 6.07) is 10.9. The van der Waals surface area contributed by atoms with Gasteiger partial charge in [0.2, 0.25) is 0 Å². The minimum Gasteiger partial charge on any atom is -0.278 e. The van der Waals surface area contributed by atoms with Crippen molar-refractivity contribution in [3.63, 3.8) is 0 Å². The Hall–Kier alpha value is -1.83. The van der Waals surface area contributed by atoms with Gasteiger partial charge in [-0.05, 0) is 28.8 Å². The molecule has 2 heteroatoms. The van der Waals surface area contributed by atoms with E-state index in [9.17, 15) is 0 Å². The van der Waals surface area contributed by atoms with Crippen LogP contribution in [0.15, 0.2) is 36.5 Å². The Morgan fingerprint density at radius 3 is 2.93 bits per heavy atom. The molecule has 74 valence electrons. The minimum absolute atomic E-state index is 1.08. The van der Waals surface area contributed by atoms with Gasteiger partial charge >= 0.3 is 0 Å². The van der Waals surface area contributed by atoms with Gasteiger partial charge in [0.05, 0.1) is 11.7 Å². The van der Waals surface area contributed by atoms with Crippen LogP contribution in [-0.4, -0.2) is 10.2 Å². The van der Waals surface area contributed by atoms with Gasteiger partial charge in [-0.1, -0.05) is 31.2 Å². The van der Waals surface area contributed by atoms with E-state index in [1.54, 1.807) is 0 Å². The van der Waals surface area contributed by atoms with Crippen molar-refractivity contribution >= 4 is 21.7 Å². The molecular weight excluding hydrogens is 184 g/mol. The molecular formula is C13H12N2. The van der Waals surface area contributed by atoms with Gasteiger partial charge in [-0.15, -0.1) is 0 Å². The predicted octanol–water partition coefficient (Wildman–Crippen LogP) is 3.28. The summed E-state index contributed by atoms with van der Waals surface area (Å²) in [6.45, 7) is 2.18. The van der Waals surface area contributed by atoms with Gasteiger partial charge in [0.25, 0.3) is 0 Å². The zero-order valence-electron chi connectivity index (χ0n) is 8.62. The molecule has 1 aromatic heterocycles. The lowest BCUT2D eigenvalue weighted by molar-refractivity contribution is 1.12. The average molecular weight is 196 g/mol. The van der Waals surface area contributed by atoms with E-state index in [2.05, 4.69) is 47.5 Å². The highest BCUT2D eigenvalue weighted by atomic mass is 15.1. The zero-order chi connectivity index (χ0) is 10.3. The van der Waals surface area contributed by atoms with E-state index < -0.39 is 0 Å². The third-order valence-electron chi connectivity index (χ3n) is 2.91. The highest BCUT2D eigenvalue weighted by Gasteiger charge is 2.01. The summed E-state index contributed by atoms with van der Waals surface area (Å²) in [7, 11) is 0. The van der Waals surface area contributed by atoms with Crippen molar-refractivity contribution in [3.05, 3.63) is 42.1 Å². The van der Waals surface area contributed by atoms with Crippen molar-refractivity contribution in [1.29, 1.82) is 0 Å². The van der Waals surface area contributed by atoms with E-state index in [1.807, 2.05) is 6.20 Å². The molecule has 3 rings (SSSR count). The topological polar surface area (TPSA) is 28.7 Å². The standard InChI is InChI=1S/C13H12N2/c1-2-9-3-5-11-10(7-9)4-6-13-12(11)8-14-15-13/h3-8H,2H2,1H3,(H,14,15). The van der Waals surface area contributed by atoms with Crippen LogP contribution in [0.1, 0.15) is 12.5 Å². The quantitative estimate of drug-likeness (QED) is 0.635.